The van der Waals surface area contributed by atoms with E-state index in [9.17, 15) is 13.2 Å². The van der Waals surface area contributed by atoms with Crippen LogP contribution in [0.15, 0.2) is 36.4 Å². The molecule has 0 aliphatic heterocycles. The monoisotopic (exact) mass is 498 g/mol. The van der Waals surface area contributed by atoms with Crippen molar-refractivity contribution < 1.29 is 13.2 Å². The Hall–Kier alpha value is -0.971. The third-order valence-corrected chi connectivity index (χ3v) is 21.5. The SMILES string of the molecule is CCC[CH2][Sn]([CH2]CCC)([CH2]CCC)[c]1ccccc1-c1c(F)cc(F)cc1F. The van der Waals surface area contributed by atoms with Gasteiger partial charge in [0, 0.05) is 0 Å². The number of rotatable bonds is 11. The van der Waals surface area contributed by atoms with Crippen molar-refractivity contribution in [1.29, 1.82) is 0 Å². The molecule has 2 aromatic rings. The van der Waals surface area contributed by atoms with Crippen molar-refractivity contribution in [3.8, 4) is 11.1 Å². The molecule has 0 saturated carbocycles. The molecule has 0 saturated heterocycles. The topological polar surface area (TPSA) is 0 Å². The van der Waals surface area contributed by atoms with E-state index in [0.717, 1.165) is 31.4 Å². The molecule has 2 rings (SSSR count). The first kappa shape index (κ1) is 23.3. The number of benzene rings is 2. The van der Waals surface area contributed by atoms with Gasteiger partial charge in [0.1, 0.15) is 0 Å². The van der Waals surface area contributed by atoms with Crippen molar-refractivity contribution in [2.24, 2.45) is 0 Å². The van der Waals surface area contributed by atoms with Crippen LogP contribution in [0.1, 0.15) is 59.3 Å². The molecule has 154 valence electrons. The Bertz CT molecular complexity index is 712. The second-order valence-corrected chi connectivity index (χ2v) is 21.0. The molecule has 0 fully saturated rings. The van der Waals surface area contributed by atoms with E-state index in [4.69, 9.17) is 0 Å². The summed E-state index contributed by atoms with van der Waals surface area (Å²) >= 11 is -2.89. The molecule has 0 nitrogen and oxygen atoms in total. The Morgan fingerprint density at radius 2 is 1.18 bits per heavy atom. The fraction of sp³-hybridized carbons (Fsp3) is 0.500. The molecule has 0 atom stereocenters. The Balaban J connectivity index is 2.67. The Labute approximate surface area is 172 Å². The van der Waals surface area contributed by atoms with Crippen molar-refractivity contribution in [2.75, 3.05) is 0 Å². The summed E-state index contributed by atoms with van der Waals surface area (Å²) < 4.78 is 47.7. The quantitative estimate of drug-likeness (QED) is 0.278. The average molecular weight is 497 g/mol. The zero-order valence-electron chi connectivity index (χ0n) is 17.5. The third-order valence-electron chi connectivity index (χ3n) is 5.80. The van der Waals surface area contributed by atoms with Crippen LogP contribution in [-0.2, 0) is 0 Å². The van der Waals surface area contributed by atoms with Gasteiger partial charge in [0.15, 0.2) is 0 Å². The van der Waals surface area contributed by atoms with Gasteiger partial charge in [-0.1, -0.05) is 0 Å². The van der Waals surface area contributed by atoms with Crippen LogP contribution in [0, 0.1) is 17.5 Å². The van der Waals surface area contributed by atoms with Gasteiger partial charge < -0.3 is 0 Å². The van der Waals surface area contributed by atoms with Gasteiger partial charge in [-0.3, -0.25) is 0 Å². The van der Waals surface area contributed by atoms with E-state index in [1.165, 1.54) is 36.2 Å². The van der Waals surface area contributed by atoms with E-state index in [1.54, 1.807) is 0 Å². The molecule has 0 amide bonds. The summed E-state index contributed by atoms with van der Waals surface area (Å²) in [6.45, 7) is 6.63. The van der Waals surface area contributed by atoms with Crippen molar-refractivity contribution in [3.05, 3.63) is 53.8 Å². The zero-order chi connectivity index (χ0) is 20.6. The molecule has 28 heavy (non-hydrogen) atoms. The predicted octanol–water partition coefficient (Wildman–Crippen LogP) is 7.83. The van der Waals surface area contributed by atoms with Crippen LogP contribution in [0.25, 0.3) is 11.1 Å². The Kier molecular flexibility index (Phi) is 9.39. The van der Waals surface area contributed by atoms with Gasteiger partial charge in [0.2, 0.25) is 0 Å². The summed E-state index contributed by atoms with van der Waals surface area (Å²) in [5, 5.41) is 0. The molecule has 0 aliphatic carbocycles. The standard InChI is InChI=1S/C12H6F3.3C4H9.Sn/c13-9-6-10(14)12(11(15)7-9)8-4-2-1-3-5-8;3*1-3-4-2;/h1-4,6-7H;3*1,3-4H2,2H3;. The molecule has 0 spiro atoms. The zero-order valence-corrected chi connectivity index (χ0v) is 20.3. The molecule has 0 aliphatic rings. The van der Waals surface area contributed by atoms with Crippen LogP contribution in [0.5, 0.6) is 0 Å². The molecular formula is C24H33F3Sn. The minimum atomic E-state index is -2.89. The normalized spacial score (nSPS) is 11.8. The fourth-order valence-electron chi connectivity index (χ4n) is 4.29. The van der Waals surface area contributed by atoms with Crippen molar-refractivity contribution >= 4 is 22.0 Å². The van der Waals surface area contributed by atoms with Crippen LogP contribution in [0.3, 0.4) is 0 Å². The first-order chi connectivity index (χ1) is 13.5. The molecule has 0 heterocycles. The van der Waals surface area contributed by atoms with E-state index in [1.807, 2.05) is 18.2 Å². The van der Waals surface area contributed by atoms with Gasteiger partial charge in [0.25, 0.3) is 0 Å². The van der Waals surface area contributed by atoms with Crippen molar-refractivity contribution in [2.45, 2.75) is 72.6 Å². The average Bonchev–Trinajstić information content (AvgIpc) is 2.67. The summed E-state index contributed by atoms with van der Waals surface area (Å²) in [5.74, 6) is -2.47. The van der Waals surface area contributed by atoms with E-state index in [0.29, 0.717) is 5.56 Å². The van der Waals surface area contributed by atoms with Crippen LogP contribution >= 0.6 is 0 Å². The fourth-order valence-corrected chi connectivity index (χ4v) is 21.1. The minimum absolute atomic E-state index is 0.0532. The summed E-state index contributed by atoms with van der Waals surface area (Å²) in [5.41, 5.74) is 0.610. The molecule has 0 bridgehead atoms. The molecule has 4 heteroatoms. The van der Waals surface area contributed by atoms with E-state index in [2.05, 4.69) is 26.8 Å². The van der Waals surface area contributed by atoms with Gasteiger partial charge in [0.05, 0.1) is 0 Å². The second kappa shape index (κ2) is 11.3. The summed E-state index contributed by atoms with van der Waals surface area (Å²) in [6.07, 6.45) is 6.93. The molecule has 0 N–H and O–H groups in total. The van der Waals surface area contributed by atoms with Gasteiger partial charge in [-0.15, -0.1) is 0 Å². The van der Waals surface area contributed by atoms with Gasteiger partial charge >= 0.3 is 173 Å². The summed E-state index contributed by atoms with van der Waals surface area (Å²) in [4.78, 5) is 0. The van der Waals surface area contributed by atoms with Crippen LogP contribution in [-0.4, -0.2) is 18.4 Å². The van der Waals surface area contributed by atoms with E-state index in [-0.39, 0.29) is 5.56 Å². The Morgan fingerprint density at radius 3 is 1.64 bits per heavy atom. The maximum absolute atomic E-state index is 14.7. The van der Waals surface area contributed by atoms with Gasteiger partial charge in [-0.05, 0) is 0 Å². The van der Waals surface area contributed by atoms with Gasteiger partial charge in [-0.2, -0.15) is 0 Å². The molecular weight excluding hydrogens is 464 g/mol. The Morgan fingerprint density at radius 1 is 0.714 bits per heavy atom. The van der Waals surface area contributed by atoms with E-state index >= 15 is 0 Å². The number of unbranched alkanes of at least 4 members (excludes halogenated alkanes) is 3. The number of hydrogen-bond donors (Lipinski definition) is 0. The predicted molar refractivity (Wildman–Crippen MR) is 116 cm³/mol. The van der Waals surface area contributed by atoms with Crippen LogP contribution in [0.4, 0.5) is 13.2 Å². The summed E-state index contributed by atoms with van der Waals surface area (Å²) in [7, 11) is 0. The van der Waals surface area contributed by atoms with Gasteiger partial charge in [-0.25, -0.2) is 0 Å². The van der Waals surface area contributed by atoms with Crippen molar-refractivity contribution in [1.82, 2.24) is 0 Å². The van der Waals surface area contributed by atoms with Crippen LogP contribution < -0.4 is 3.58 Å². The number of hydrogen-bond acceptors (Lipinski definition) is 0. The summed E-state index contributed by atoms with van der Waals surface area (Å²) in [6, 6.07) is 9.41. The first-order valence-corrected chi connectivity index (χ1v) is 18.2. The second-order valence-electron chi connectivity index (χ2n) is 7.88. The van der Waals surface area contributed by atoms with Crippen LogP contribution in [0.2, 0.25) is 13.3 Å². The molecule has 2 aromatic carbocycles. The number of halogens is 3. The molecule has 0 unspecified atom stereocenters. The molecule has 0 aromatic heterocycles. The first-order valence-electron chi connectivity index (χ1n) is 10.7. The van der Waals surface area contributed by atoms with Crippen molar-refractivity contribution in [3.63, 3.8) is 0 Å². The third kappa shape index (κ3) is 5.55. The van der Waals surface area contributed by atoms with E-state index < -0.39 is 35.8 Å². The maximum atomic E-state index is 14.7. The molecule has 0 radical (unpaired) electrons.